The second-order valence-electron chi connectivity index (χ2n) is 5.96. The van der Waals surface area contributed by atoms with Gasteiger partial charge in [-0.05, 0) is 42.5 Å². The van der Waals surface area contributed by atoms with E-state index in [2.05, 4.69) is 17.2 Å². The minimum absolute atomic E-state index is 0.266. The third-order valence-corrected chi connectivity index (χ3v) is 6.12. The molecule has 1 fully saturated rings. The molecule has 0 aromatic heterocycles. The molecule has 1 saturated carbocycles. The lowest BCUT2D eigenvalue weighted by Crippen LogP contribution is -2.39. The molecular formula is C16H23ClN2OS. The Labute approximate surface area is 135 Å². The van der Waals surface area contributed by atoms with Gasteiger partial charge in [-0.1, -0.05) is 24.4 Å². The first-order chi connectivity index (χ1) is 10.3. The number of hydrogen-bond donors (Lipinski definition) is 2. The first-order valence-corrected chi connectivity index (χ1v) is 9.21. The van der Waals surface area contributed by atoms with Gasteiger partial charge in [0.05, 0.1) is 6.61 Å². The van der Waals surface area contributed by atoms with E-state index in [0.29, 0.717) is 0 Å². The summed E-state index contributed by atoms with van der Waals surface area (Å²) in [4.78, 5) is 0. The van der Waals surface area contributed by atoms with E-state index in [1.54, 1.807) is 0 Å². The highest BCUT2D eigenvalue weighted by Gasteiger charge is 2.22. The lowest BCUT2D eigenvalue weighted by atomic mass is 10.0. The highest BCUT2D eigenvalue weighted by molar-refractivity contribution is 7.99. The highest BCUT2D eigenvalue weighted by Crippen LogP contribution is 2.34. The normalized spacial score (nSPS) is 19.5. The molecular weight excluding hydrogens is 304 g/mol. The number of thioether (sulfide) groups is 1. The molecule has 3 nitrogen and oxygen atoms in total. The molecule has 1 aromatic rings. The predicted molar refractivity (Wildman–Crippen MR) is 90.2 cm³/mol. The summed E-state index contributed by atoms with van der Waals surface area (Å²) in [5.41, 5.74) is 5.38. The fourth-order valence-corrected chi connectivity index (χ4v) is 4.88. The minimum atomic E-state index is 0.266. The van der Waals surface area contributed by atoms with Crippen LogP contribution in [0.1, 0.15) is 36.8 Å². The molecule has 1 atom stereocenters. The average Bonchev–Trinajstić information content (AvgIpc) is 3.13. The van der Waals surface area contributed by atoms with Gasteiger partial charge < -0.3 is 4.74 Å². The van der Waals surface area contributed by atoms with E-state index in [-0.39, 0.29) is 6.04 Å². The molecule has 1 aromatic carbocycles. The van der Waals surface area contributed by atoms with Gasteiger partial charge >= 0.3 is 0 Å². The van der Waals surface area contributed by atoms with Crippen LogP contribution in [-0.4, -0.2) is 23.7 Å². The molecule has 116 valence electrons. The number of nitrogens with one attached hydrogen (secondary N) is 1. The molecule has 1 heterocycles. The molecule has 1 unspecified atom stereocenters. The number of hydrogen-bond acceptors (Lipinski definition) is 4. The van der Waals surface area contributed by atoms with E-state index < -0.39 is 0 Å². The summed E-state index contributed by atoms with van der Waals surface area (Å²) in [6.45, 7) is 0.764. The topological polar surface area (TPSA) is 47.3 Å². The number of nitrogens with two attached hydrogens (primary N) is 1. The zero-order valence-corrected chi connectivity index (χ0v) is 13.8. The summed E-state index contributed by atoms with van der Waals surface area (Å²) >= 11 is 8.28. The zero-order valence-electron chi connectivity index (χ0n) is 12.2. The van der Waals surface area contributed by atoms with Crippen molar-refractivity contribution in [3.05, 3.63) is 28.3 Å². The van der Waals surface area contributed by atoms with Gasteiger partial charge in [0.15, 0.2) is 0 Å². The Morgan fingerprint density at radius 1 is 1.38 bits per heavy atom. The third kappa shape index (κ3) is 3.86. The van der Waals surface area contributed by atoms with Crippen LogP contribution in [-0.2, 0) is 12.8 Å². The molecule has 3 N–H and O–H groups in total. The lowest BCUT2D eigenvalue weighted by Gasteiger charge is -2.19. The van der Waals surface area contributed by atoms with E-state index in [4.69, 9.17) is 22.2 Å². The quantitative estimate of drug-likeness (QED) is 0.622. The van der Waals surface area contributed by atoms with Crippen LogP contribution in [0.2, 0.25) is 5.02 Å². The molecule has 0 radical (unpaired) electrons. The number of benzene rings is 1. The maximum Gasteiger partial charge on any atom is 0.125 e. The Morgan fingerprint density at radius 2 is 2.19 bits per heavy atom. The Morgan fingerprint density at radius 3 is 2.95 bits per heavy atom. The number of halogens is 1. The largest absolute Gasteiger partial charge is 0.493 e. The number of fused-ring (bicyclic) bond motifs is 1. The Kier molecular flexibility index (Phi) is 5.33. The Bertz CT molecular complexity index is 491. The van der Waals surface area contributed by atoms with Gasteiger partial charge in [-0.15, -0.1) is 0 Å². The van der Waals surface area contributed by atoms with Crippen LogP contribution < -0.4 is 16.0 Å². The fourth-order valence-electron chi connectivity index (χ4n) is 3.24. The van der Waals surface area contributed by atoms with Gasteiger partial charge in [-0.2, -0.15) is 11.8 Å². The molecule has 0 saturated heterocycles. The van der Waals surface area contributed by atoms with Gasteiger partial charge in [0.25, 0.3) is 0 Å². The molecule has 5 heteroatoms. The molecule has 0 spiro atoms. The number of ether oxygens (including phenoxy) is 1. The summed E-state index contributed by atoms with van der Waals surface area (Å²) in [6.07, 6.45) is 7.32. The Balaban J connectivity index is 1.63. The van der Waals surface area contributed by atoms with Crippen molar-refractivity contribution in [3.63, 3.8) is 0 Å². The molecule has 21 heavy (non-hydrogen) atoms. The van der Waals surface area contributed by atoms with E-state index >= 15 is 0 Å². The van der Waals surface area contributed by atoms with E-state index in [1.165, 1.54) is 36.8 Å². The lowest BCUT2D eigenvalue weighted by molar-refractivity contribution is 0.352. The number of rotatable bonds is 6. The zero-order chi connectivity index (χ0) is 14.7. The first kappa shape index (κ1) is 15.5. The SMILES string of the molecule is NNC(CSC1CCCC1)Cc1cc(Cl)cc2c1OCC2. The van der Waals surface area contributed by atoms with Crippen molar-refractivity contribution in [2.75, 3.05) is 12.4 Å². The van der Waals surface area contributed by atoms with Crippen LogP contribution in [0.3, 0.4) is 0 Å². The van der Waals surface area contributed by atoms with Gasteiger partial charge in [0.2, 0.25) is 0 Å². The van der Waals surface area contributed by atoms with Gasteiger partial charge in [0, 0.05) is 28.5 Å². The van der Waals surface area contributed by atoms with Crippen molar-refractivity contribution in [3.8, 4) is 5.75 Å². The van der Waals surface area contributed by atoms with Crippen LogP contribution in [0.5, 0.6) is 5.75 Å². The van der Waals surface area contributed by atoms with Gasteiger partial charge in [0.1, 0.15) is 5.75 Å². The molecule has 1 aliphatic carbocycles. The Hall–Kier alpha value is -0.420. The van der Waals surface area contributed by atoms with Gasteiger partial charge in [-0.3, -0.25) is 11.3 Å². The summed E-state index contributed by atoms with van der Waals surface area (Å²) in [5.74, 6) is 7.83. The van der Waals surface area contributed by atoms with E-state index in [1.807, 2.05) is 12.1 Å². The van der Waals surface area contributed by atoms with Crippen molar-refractivity contribution in [1.82, 2.24) is 5.43 Å². The third-order valence-electron chi connectivity index (χ3n) is 4.36. The van der Waals surface area contributed by atoms with Crippen LogP contribution in [0.4, 0.5) is 0 Å². The van der Waals surface area contributed by atoms with E-state index in [0.717, 1.165) is 41.2 Å². The molecule has 1 aliphatic heterocycles. The van der Waals surface area contributed by atoms with E-state index in [9.17, 15) is 0 Å². The van der Waals surface area contributed by atoms with Crippen LogP contribution >= 0.6 is 23.4 Å². The first-order valence-electron chi connectivity index (χ1n) is 7.78. The van der Waals surface area contributed by atoms with Crippen molar-refractivity contribution >= 4 is 23.4 Å². The van der Waals surface area contributed by atoms with Crippen molar-refractivity contribution < 1.29 is 4.74 Å². The molecule has 0 bridgehead atoms. The molecule has 2 aliphatic rings. The van der Waals surface area contributed by atoms with Crippen molar-refractivity contribution in [2.45, 2.75) is 49.8 Å². The molecule has 0 amide bonds. The maximum absolute atomic E-state index is 6.22. The summed E-state index contributed by atoms with van der Waals surface area (Å²) in [7, 11) is 0. The summed E-state index contributed by atoms with van der Waals surface area (Å²) in [5, 5.41) is 1.62. The standard InChI is InChI=1S/C16H23ClN2OS/c17-13-7-11-5-6-20-16(11)12(8-13)9-14(19-18)10-21-15-3-1-2-4-15/h7-8,14-15,19H,1-6,9-10,18H2. The van der Waals surface area contributed by atoms with Gasteiger partial charge in [-0.25, -0.2) is 0 Å². The fraction of sp³-hybridized carbons (Fsp3) is 0.625. The highest BCUT2D eigenvalue weighted by atomic mass is 35.5. The average molecular weight is 327 g/mol. The smallest absolute Gasteiger partial charge is 0.125 e. The van der Waals surface area contributed by atoms with Crippen LogP contribution in [0, 0.1) is 0 Å². The minimum Gasteiger partial charge on any atom is -0.493 e. The van der Waals surface area contributed by atoms with Crippen molar-refractivity contribution in [1.29, 1.82) is 0 Å². The monoisotopic (exact) mass is 326 g/mol. The summed E-state index contributed by atoms with van der Waals surface area (Å²) < 4.78 is 5.77. The van der Waals surface area contributed by atoms with Crippen LogP contribution in [0.25, 0.3) is 0 Å². The summed E-state index contributed by atoms with van der Waals surface area (Å²) in [6, 6.07) is 4.31. The number of hydrazine groups is 1. The maximum atomic E-state index is 6.22. The second kappa shape index (κ2) is 7.23. The molecule has 3 rings (SSSR count). The second-order valence-corrected chi connectivity index (χ2v) is 7.73. The predicted octanol–water partition coefficient (Wildman–Crippen LogP) is 3.33. The van der Waals surface area contributed by atoms with Crippen molar-refractivity contribution in [2.24, 2.45) is 5.84 Å². The van der Waals surface area contributed by atoms with Crippen LogP contribution in [0.15, 0.2) is 12.1 Å².